The summed E-state index contributed by atoms with van der Waals surface area (Å²) in [5.74, 6) is 0.650. The zero-order chi connectivity index (χ0) is 19.1. The first-order valence-corrected chi connectivity index (χ1v) is 9.44. The lowest BCUT2D eigenvalue weighted by Gasteiger charge is -2.32. The van der Waals surface area contributed by atoms with Crippen LogP contribution in [-0.2, 0) is 9.31 Å². The van der Waals surface area contributed by atoms with E-state index in [1.54, 1.807) is 6.20 Å². The van der Waals surface area contributed by atoms with Gasteiger partial charge in [0.15, 0.2) is 0 Å². The molecule has 2 fully saturated rings. The molecular formula is C18H30BFN4O2. The predicted octanol–water partition coefficient (Wildman–Crippen LogP) is 3.12. The van der Waals surface area contributed by atoms with Crippen LogP contribution in [-0.4, -0.2) is 57.8 Å². The average molecular weight is 364 g/mol. The van der Waals surface area contributed by atoms with Gasteiger partial charge in [0.1, 0.15) is 11.4 Å². The second-order valence-corrected chi connectivity index (χ2v) is 8.84. The molecular weight excluding hydrogens is 334 g/mol. The Labute approximate surface area is 155 Å². The molecule has 0 N–H and O–H groups in total. The molecule has 3 rings (SSSR count). The smallest absolute Gasteiger partial charge is 0.398 e. The Morgan fingerprint density at radius 3 is 2.62 bits per heavy atom. The van der Waals surface area contributed by atoms with Crippen LogP contribution in [0.15, 0.2) is 11.9 Å². The zero-order valence-electron chi connectivity index (χ0n) is 16.7. The van der Waals surface area contributed by atoms with Crippen LogP contribution < -0.4 is 0 Å². The molecule has 0 saturated carbocycles. The first kappa shape index (κ1) is 19.5. The monoisotopic (exact) mass is 364 g/mol. The maximum Gasteiger partial charge on any atom is 0.525 e. The Morgan fingerprint density at radius 1 is 1.35 bits per heavy atom. The summed E-state index contributed by atoms with van der Waals surface area (Å²) in [4.78, 5) is 2.44. The summed E-state index contributed by atoms with van der Waals surface area (Å²) in [5.41, 5.74) is -1.13. The molecule has 2 aliphatic heterocycles. The summed E-state index contributed by atoms with van der Waals surface area (Å²) in [5, 5.41) is 8.29. The van der Waals surface area contributed by atoms with Gasteiger partial charge in [-0.15, -0.1) is 5.10 Å². The van der Waals surface area contributed by atoms with E-state index in [-0.39, 0.29) is 0 Å². The SMILES string of the molecule is CC(C)CN1CCC(n2cc(C=C(F)B3OC(C)(C)C(C)(C)O3)nn2)C1. The van der Waals surface area contributed by atoms with Crippen LogP contribution in [0.1, 0.15) is 59.7 Å². The van der Waals surface area contributed by atoms with Crippen LogP contribution in [0.25, 0.3) is 6.08 Å². The quantitative estimate of drug-likeness (QED) is 0.752. The second-order valence-electron chi connectivity index (χ2n) is 8.84. The largest absolute Gasteiger partial charge is 0.525 e. The molecule has 0 spiro atoms. The van der Waals surface area contributed by atoms with Gasteiger partial charge in [0.2, 0.25) is 0 Å². The van der Waals surface area contributed by atoms with E-state index in [0.29, 0.717) is 17.7 Å². The van der Waals surface area contributed by atoms with Gasteiger partial charge >= 0.3 is 7.12 Å². The van der Waals surface area contributed by atoms with Crippen molar-refractivity contribution in [1.82, 2.24) is 19.9 Å². The number of hydrogen-bond acceptors (Lipinski definition) is 5. The minimum Gasteiger partial charge on any atom is -0.398 e. The van der Waals surface area contributed by atoms with Crippen LogP contribution in [0, 0.1) is 5.92 Å². The number of rotatable bonds is 5. The van der Waals surface area contributed by atoms with E-state index >= 15 is 0 Å². The third-order valence-corrected chi connectivity index (χ3v) is 5.54. The molecule has 2 aliphatic rings. The van der Waals surface area contributed by atoms with E-state index in [0.717, 1.165) is 26.1 Å². The molecule has 0 aromatic carbocycles. The van der Waals surface area contributed by atoms with Gasteiger partial charge in [-0.25, -0.2) is 9.07 Å². The normalized spacial score (nSPS) is 26.2. The van der Waals surface area contributed by atoms with Gasteiger partial charge in [-0.1, -0.05) is 19.1 Å². The Hall–Kier alpha value is -1.25. The van der Waals surface area contributed by atoms with Crippen LogP contribution in [0.2, 0.25) is 0 Å². The summed E-state index contributed by atoms with van der Waals surface area (Å²) < 4.78 is 27.9. The molecule has 6 nitrogen and oxygen atoms in total. The molecule has 0 bridgehead atoms. The molecule has 3 heterocycles. The molecule has 8 heteroatoms. The summed E-state index contributed by atoms with van der Waals surface area (Å²) in [6.45, 7) is 15.2. The fourth-order valence-corrected chi connectivity index (χ4v) is 3.41. The predicted molar refractivity (Wildman–Crippen MR) is 100 cm³/mol. The highest BCUT2D eigenvalue weighted by molar-refractivity contribution is 6.54. The van der Waals surface area contributed by atoms with E-state index in [1.165, 1.54) is 6.08 Å². The first-order chi connectivity index (χ1) is 12.1. The Morgan fingerprint density at radius 2 is 2.00 bits per heavy atom. The Bertz CT molecular complexity index is 658. The molecule has 0 radical (unpaired) electrons. The minimum absolute atomic E-state index is 0.295. The third kappa shape index (κ3) is 4.02. The number of halogens is 1. The molecule has 26 heavy (non-hydrogen) atoms. The molecule has 2 saturated heterocycles. The molecule has 1 unspecified atom stereocenters. The fourth-order valence-electron chi connectivity index (χ4n) is 3.41. The fraction of sp³-hybridized carbons (Fsp3) is 0.778. The van der Waals surface area contributed by atoms with Crippen molar-refractivity contribution in [2.24, 2.45) is 5.92 Å². The maximum atomic E-state index is 14.6. The van der Waals surface area contributed by atoms with Crippen LogP contribution >= 0.6 is 0 Å². The van der Waals surface area contributed by atoms with Crippen molar-refractivity contribution in [3.63, 3.8) is 0 Å². The van der Waals surface area contributed by atoms with Crippen molar-refractivity contribution < 1.29 is 13.7 Å². The van der Waals surface area contributed by atoms with Crippen LogP contribution in [0.5, 0.6) is 0 Å². The van der Waals surface area contributed by atoms with Crippen molar-refractivity contribution in [3.05, 3.63) is 17.6 Å². The second kappa shape index (κ2) is 7.05. The lowest BCUT2D eigenvalue weighted by atomic mass is 9.87. The molecule has 144 valence electrons. The van der Waals surface area contributed by atoms with E-state index in [4.69, 9.17) is 9.31 Å². The average Bonchev–Trinajstić information content (AvgIpc) is 3.18. The topological polar surface area (TPSA) is 52.4 Å². The summed E-state index contributed by atoms with van der Waals surface area (Å²) in [7, 11) is -1.00. The van der Waals surface area contributed by atoms with Crippen molar-refractivity contribution in [3.8, 4) is 0 Å². The van der Waals surface area contributed by atoms with E-state index in [2.05, 4.69) is 29.1 Å². The maximum absolute atomic E-state index is 14.6. The van der Waals surface area contributed by atoms with Gasteiger partial charge in [-0.2, -0.15) is 0 Å². The summed E-state index contributed by atoms with van der Waals surface area (Å²) >= 11 is 0. The van der Waals surface area contributed by atoms with Crippen LogP contribution in [0.3, 0.4) is 0 Å². The van der Waals surface area contributed by atoms with Gasteiger partial charge < -0.3 is 14.2 Å². The molecule has 1 aromatic rings. The minimum atomic E-state index is -1.00. The lowest BCUT2D eigenvalue weighted by molar-refractivity contribution is 0.00578. The first-order valence-electron chi connectivity index (χ1n) is 9.44. The van der Waals surface area contributed by atoms with E-state index in [9.17, 15) is 4.39 Å². The highest BCUT2D eigenvalue weighted by atomic mass is 19.1. The molecule has 1 aromatic heterocycles. The summed E-state index contributed by atoms with van der Waals surface area (Å²) in [6.07, 6.45) is 4.19. The van der Waals surface area contributed by atoms with Gasteiger partial charge in [0.25, 0.3) is 0 Å². The van der Waals surface area contributed by atoms with E-state index < -0.39 is 24.0 Å². The Kier molecular flexibility index (Phi) is 5.30. The molecule has 0 amide bonds. The number of hydrogen-bond donors (Lipinski definition) is 0. The van der Waals surface area contributed by atoms with E-state index in [1.807, 2.05) is 32.4 Å². The highest BCUT2D eigenvalue weighted by Crippen LogP contribution is 2.39. The van der Waals surface area contributed by atoms with Gasteiger partial charge in [0, 0.05) is 19.6 Å². The van der Waals surface area contributed by atoms with Gasteiger partial charge in [0.05, 0.1) is 23.4 Å². The van der Waals surface area contributed by atoms with Crippen molar-refractivity contribution in [2.45, 2.75) is 65.2 Å². The van der Waals surface area contributed by atoms with Gasteiger partial charge in [-0.3, -0.25) is 0 Å². The van der Waals surface area contributed by atoms with Gasteiger partial charge in [-0.05, 0) is 46.1 Å². The van der Waals surface area contributed by atoms with Crippen molar-refractivity contribution in [1.29, 1.82) is 0 Å². The van der Waals surface area contributed by atoms with Crippen LogP contribution in [0.4, 0.5) is 4.39 Å². The molecule has 0 aliphatic carbocycles. The third-order valence-electron chi connectivity index (χ3n) is 5.54. The number of aromatic nitrogens is 3. The Balaban J connectivity index is 1.64. The van der Waals surface area contributed by atoms with Crippen molar-refractivity contribution in [2.75, 3.05) is 19.6 Å². The highest BCUT2D eigenvalue weighted by Gasteiger charge is 2.53. The summed E-state index contributed by atoms with van der Waals surface area (Å²) in [6, 6.07) is 0.295. The lowest BCUT2D eigenvalue weighted by Crippen LogP contribution is -2.41. The number of nitrogens with zero attached hydrogens (tertiary/aromatic N) is 4. The van der Waals surface area contributed by atoms with Crippen molar-refractivity contribution >= 4 is 13.2 Å². The number of likely N-dealkylation sites (tertiary alicyclic amines) is 1. The standard InChI is InChI=1S/C18H30BFN4O2/c1-13(2)10-23-8-7-15(12-23)24-11-14(21-22-24)9-16(20)19-25-17(3,4)18(5,6)26-19/h9,11,13,15H,7-8,10,12H2,1-6H3. The molecule has 1 atom stereocenters. The zero-order valence-corrected chi connectivity index (χ0v) is 16.7.